The first-order valence-corrected chi connectivity index (χ1v) is 8.49. The molecule has 0 aromatic heterocycles. The fourth-order valence-electron chi connectivity index (χ4n) is 3.97. The maximum Gasteiger partial charge on any atom is 0.149 e. The van der Waals surface area contributed by atoms with Gasteiger partial charge in [0.05, 0.1) is 10.6 Å². The Morgan fingerprint density at radius 1 is 1.05 bits per heavy atom. The van der Waals surface area contributed by atoms with E-state index in [0.29, 0.717) is 28.3 Å². The summed E-state index contributed by atoms with van der Waals surface area (Å²) in [6.07, 6.45) is 8.42. The highest BCUT2D eigenvalue weighted by atomic mass is 79.9. The lowest BCUT2D eigenvalue weighted by atomic mass is 9.66. The van der Waals surface area contributed by atoms with E-state index in [0.717, 1.165) is 12.8 Å². The molecule has 2 aliphatic rings. The summed E-state index contributed by atoms with van der Waals surface area (Å²) in [5, 5.41) is 10.9. The normalized spacial score (nSPS) is 24.2. The van der Waals surface area contributed by atoms with Crippen LogP contribution in [0.4, 0.5) is 4.39 Å². The van der Waals surface area contributed by atoms with Gasteiger partial charge in [0.1, 0.15) is 5.82 Å². The van der Waals surface area contributed by atoms with E-state index in [-0.39, 0.29) is 5.02 Å². The molecule has 3 rings (SSSR count). The molecule has 0 heterocycles. The first-order chi connectivity index (χ1) is 9.46. The summed E-state index contributed by atoms with van der Waals surface area (Å²) in [7, 11) is 0. The molecule has 2 aliphatic carbocycles. The van der Waals surface area contributed by atoms with E-state index >= 15 is 0 Å². The summed E-state index contributed by atoms with van der Waals surface area (Å²) < 4.78 is 14.9. The summed E-state index contributed by atoms with van der Waals surface area (Å²) >= 11 is 9.17. The maximum absolute atomic E-state index is 14.3. The molecule has 4 heteroatoms. The highest BCUT2D eigenvalue weighted by molar-refractivity contribution is 9.10. The highest BCUT2D eigenvalue weighted by Crippen LogP contribution is 2.54. The van der Waals surface area contributed by atoms with Crippen LogP contribution in [0.15, 0.2) is 16.6 Å². The molecule has 1 aromatic rings. The Labute approximate surface area is 132 Å². The molecule has 0 bridgehead atoms. The van der Waals surface area contributed by atoms with Crippen molar-refractivity contribution in [2.45, 2.75) is 57.0 Å². The number of hydrogen-bond acceptors (Lipinski definition) is 1. The van der Waals surface area contributed by atoms with Crippen LogP contribution in [0.25, 0.3) is 0 Å². The third-order valence-electron chi connectivity index (χ3n) is 5.34. The number of hydrogen-bond donors (Lipinski definition) is 1. The van der Waals surface area contributed by atoms with Crippen LogP contribution in [0.3, 0.4) is 0 Å². The molecule has 0 aliphatic heterocycles. The lowest BCUT2D eigenvalue weighted by Gasteiger charge is -2.42. The Morgan fingerprint density at radius 2 is 1.65 bits per heavy atom. The van der Waals surface area contributed by atoms with Crippen LogP contribution in [-0.4, -0.2) is 5.11 Å². The summed E-state index contributed by atoms with van der Waals surface area (Å²) in [4.78, 5) is 0. The predicted molar refractivity (Wildman–Crippen MR) is 82.4 cm³/mol. The minimum atomic E-state index is -1.05. The van der Waals surface area contributed by atoms with Gasteiger partial charge in [-0.2, -0.15) is 0 Å². The molecule has 1 spiro atoms. The standard InChI is InChI=1S/C16H19BrClFO/c17-12-4-3-11(14(19)13(12)18)16(20)9-7-15(8-10-16)5-1-2-6-15/h3-4,20H,1-2,5-10H2. The molecular formula is C16H19BrClFO. The van der Waals surface area contributed by atoms with E-state index in [1.807, 2.05) is 0 Å². The third kappa shape index (κ3) is 2.42. The van der Waals surface area contributed by atoms with Crippen LogP contribution in [-0.2, 0) is 5.60 Å². The lowest BCUT2D eigenvalue weighted by Crippen LogP contribution is -2.36. The van der Waals surface area contributed by atoms with E-state index in [9.17, 15) is 9.50 Å². The molecular weight excluding hydrogens is 343 g/mol. The minimum Gasteiger partial charge on any atom is -0.385 e. The monoisotopic (exact) mass is 360 g/mol. The second-order valence-electron chi connectivity index (χ2n) is 6.46. The first-order valence-electron chi connectivity index (χ1n) is 7.32. The average Bonchev–Trinajstić information content (AvgIpc) is 2.89. The fraction of sp³-hybridized carbons (Fsp3) is 0.625. The number of rotatable bonds is 1. The summed E-state index contributed by atoms with van der Waals surface area (Å²) in [6, 6.07) is 3.39. The van der Waals surface area contributed by atoms with Crippen LogP contribution in [0.2, 0.25) is 5.02 Å². The van der Waals surface area contributed by atoms with E-state index in [1.54, 1.807) is 12.1 Å². The molecule has 1 aromatic carbocycles. The van der Waals surface area contributed by atoms with Gasteiger partial charge in [0.25, 0.3) is 0 Å². The Kier molecular flexibility index (Phi) is 3.89. The second-order valence-corrected chi connectivity index (χ2v) is 7.69. The highest BCUT2D eigenvalue weighted by Gasteiger charge is 2.44. The Hall–Kier alpha value is -0.120. The summed E-state index contributed by atoms with van der Waals surface area (Å²) in [5.41, 5.74) is -0.275. The second kappa shape index (κ2) is 5.26. The topological polar surface area (TPSA) is 20.2 Å². The third-order valence-corrected chi connectivity index (χ3v) is 6.60. The summed E-state index contributed by atoms with van der Waals surface area (Å²) in [5.74, 6) is -0.481. The largest absolute Gasteiger partial charge is 0.385 e. The van der Waals surface area contributed by atoms with Gasteiger partial charge in [-0.15, -0.1) is 0 Å². The van der Waals surface area contributed by atoms with Gasteiger partial charge in [0, 0.05) is 10.0 Å². The van der Waals surface area contributed by atoms with Crippen LogP contribution < -0.4 is 0 Å². The molecule has 0 unspecified atom stereocenters. The van der Waals surface area contributed by atoms with Gasteiger partial charge in [-0.3, -0.25) is 0 Å². The minimum absolute atomic E-state index is 0.0667. The molecule has 20 heavy (non-hydrogen) atoms. The van der Waals surface area contributed by atoms with Crippen LogP contribution >= 0.6 is 27.5 Å². The van der Waals surface area contributed by atoms with Gasteiger partial charge in [-0.25, -0.2) is 4.39 Å². The van der Waals surface area contributed by atoms with E-state index in [1.165, 1.54) is 25.7 Å². The average molecular weight is 362 g/mol. The lowest BCUT2D eigenvalue weighted by molar-refractivity contribution is -0.0400. The number of halogens is 3. The van der Waals surface area contributed by atoms with Gasteiger partial charge in [-0.1, -0.05) is 30.5 Å². The molecule has 0 amide bonds. The SMILES string of the molecule is OC1(c2ccc(Br)c(Cl)c2F)CCC2(CCCC2)CC1. The number of aliphatic hydroxyl groups is 1. The van der Waals surface area contributed by atoms with Crippen molar-refractivity contribution in [1.82, 2.24) is 0 Å². The smallest absolute Gasteiger partial charge is 0.149 e. The first kappa shape index (κ1) is 14.8. The van der Waals surface area contributed by atoms with E-state index < -0.39 is 11.4 Å². The maximum atomic E-state index is 14.3. The van der Waals surface area contributed by atoms with Gasteiger partial charge in [-0.05, 0) is 65.9 Å². The van der Waals surface area contributed by atoms with Crippen molar-refractivity contribution in [2.75, 3.05) is 0 Å². The van der Waals surface area contributed by atoms with Crippen molar-refractivity contribution >= 4 is 27.5 Å². The van der Waals surface area contributed by atoms with Crippen molar-refractivity contribution in [3.8, 4) is 0 Å². The van der Waals surface area contributed by atoms with Gasteiger partial charge in [0.2, 0.25) is 0 Å². The molecule has 2 saturated carbocycles. The van der Waals surface area contributed by atoms with Crippen LogP contribution in [0.5, 0.6) is 0 Å². The molecule has 0 atom stereocenters. The van der Waals surface area contributed by atoms with Gasteiger partial charge < -0.3 is 5.11 Å². The molecule has 1 nitrogen and oxygen atoms in total. The zero-order valence-corrected chi connectivity index (χ0v) is 13.7. The molecule has 2 fully saturated rings. The molecule has 0 radical (unpaired) electrons. The van der Waals surface area contributed by atoms with E-state index in [2.05, 4.69) is 15.9 Å². The quantitative estimate of drug-likeness (QED) is 0.649. The van der Waals surface area contributed by atoms with Crippen molar-refractivity contribution in [3.05, 3.63) is 33.0 Å². The van der Waals surface area contributed by atoms with Crippen molar-refractivity contribution < 1.29 is 9.50 Å². The van der Waals surface area contributed by atoms with Crippen molar-refractivity contribution in [1.29, 1.82) is 0 Å². The van der Waals surface area contributed by atoms with Crippen molar-refractivity contribution in [2.24, 2.45) is 5.41 Å². The van der Waals surface area contributed by atoms with Gasteiger partial charge in [0.15, 0.2) is 0 Å². The zero-order chi connectivity index (χ0) is 14.4. The van der Waals surface area contributed by atoms with Crippen LogP contribution in [0.1, 0.15) is 56.9 Å². The van der Waals surface area contributed by atoms with Gasteiger partial charge >= 0.3 is 0 Å². The van der Waals surface area contributed by atoms with Crippen LogP contribution in [0, 0.1) is 11.2 Å². The Balaban J connectivity index is 1.86. The molecule has 0 saturated heterocycles. The Bertz CT molecular complexity index is 515. The van der Waals surface area contributed by atoms with E-state index in [4.69, 9.17) is 11.6 Å². The summed E-state index contributed by atoms with van der Waals surface area (Å²) in [6.45, 7) is 0. The molecule has 110 valence electrons. The zero-order valence-electron chi connectivity index (χ0n) is 11.4. The predicted octanol–water partition coefficient (Wildman–Crippen LogP) is 5.56. The number of benzene rings is 1. The molecule has 1 N–H and O–H groups in total. The Morgan fingerprint density at radius 3 is 2.25 bits per heavy atom. The van der Waals surface area contributed by atoms with Crippen molar-refractivity contribution in [3.63, 3.8) is 0 Å². The fourth-order valence-corrected chi connectivity index (χ4v) is 4.44.